The summed E-state index contributed by atoms with van der Waals surface area (Å²) in [4.78, 5) is 11.0. The van der Waals surface area contributed by atoms with Gasteiger partial charge in [0.1, 0.15) is 11.8 Å². The fourth-order valence-electron chi connectivity index (χ4n) is 1.35. The van der Waals surface area contributed by atoms with E-state index in [0.29, 0.717) is 19.1 Å². The van der Waals surface area contributed by atoms with Crippen LogP contribution in [0.15, 0.2) is 22.8 Å². The molecule has 4 heteroatoms. The van der Waals surface area contributed by atoms with Crippen LogP contribution in [0.2, 0.25) is 0 Å². The van der Waals surface area contributed by atoms with Crippen LogP contribution in [0.4, 0.5) is 0 Å². The lowest BCUT2D eigenvalue weighted by atomic mass is 10.2. The van der Waals surface area contributed by atoms with Crippen LogP contribution in [-0.4, -0.2) is 19.1 Å². The van der Waals surface area contributed by atoms with Gasteiger partial charge >= 0.3 is 0 Å². The van der Waals surface area contributed by atoms with Crippen LogP contribution in [0.25, 0.3) is 0 Å². The van der Waals surface area contributed by atoms with Crippen molar-refractivity contribution < 1.29 is 13.9 Å². The molecule has 0 aliphatic heterocycles. The molecule has 1 aromatic rings. The SMILES string of the molecule is CC(=O)N[C@@H](COCC(C)C)c1ccco1. The van der Waals surface area contributed by atoms with E-state index in [1.165, 1.54) is 6.92 Å². The van der Waals surface area contributed by atoms with Crippen molar-refractivity contribution in [3.8, 4) is 0 Å². The monoisotopic (exact) mass is 225 g/mol. The molecule has 90 valence electrons. The normalized spacial score (nSPS) is 12.8. The fraction of sp³-hybridized carbons (Fsp3) is 0.583. The summed E-state index contributed by atoms with van der Waals surface area (Å²) >= 11 is 0. The molecule has 0 unspecified atom stereocenters. The molecule has 0 saturated heterocycles. The maximum atomic E-state index is 11.0. The molecule has 1 aromatic heterocycles. The van der Waals surface area contributed by atoms with Gasteiger partial charge in [0.25, 0.3) is 0 Å². The molecule has 4 nitrogen and oxygen atoms in total. The Labute approximate surface area is 96.0 Å². The summed E-state index contributed by atoms with van der Waals surface area (Å²) in [5, 5.41) is 2.80. The van der Waals surface area contributed by atoms with Crippen molar-refractivity contribution in [2.75, 3.05) is 13.2 Å². The van der Waals surface area contributed by atoms with E-state index in [2.05, 4.69) is 19.2 Å². The van der Waals surface area contributed by atoms with Crippen LogP contribution in [0.1, 0.15) is 32.6 Å². The van der Waals surface area contributed by atoms with Gasteiger partial charge < -0.3 is 14.5 Å². The Hall–Kier alpha value is -1.29. The topological polar surface area (TPSA) is 51.5 Å². The largest absolute Gasteiger partial charge is 0.467 e. The van der Waals surface area contributed by atoms with Gasteiger partial charge in [-0.05, 0) is 18.1 Å². The van der Waals surface area contributed by atoms with Gasteiger partial charge in [-0.1, -0.05) is 13.8 Å². The van der Waals surface area contributed by atoms with Crippen LogP contribution in [0, 0.1) is 5.92 Å². The van der Waals surface area contributed by atoms with Crippen molar-refractivity contribution in [3.63, 3.8) is 0 Å². The van der Waals surface area contributed by atoms with E-state index in [1.807, 2.05) is 6.07 Å². The number of hydrogen-bond donors (Lipinski definition) is 1. The molecular weight excluding hydrogens is 206 g/mol. The molecule has 0 radical (unpaired) electrons. The molecule has 1 atom stereocenters. The van der Waals surface area contributed by atoms with Crippen molar-refractivity contribution in [2.24, 2.45) is 5.92 Å². The number of furan rings is 1. The highest BCUT2D eigenvalue weighted by molar-refractivity contribution is 5.73. The van der Waals surface area contributed by atoms with Crippen molar-refractivity contribution in [2.45, 2.75) is 26.8 Å². The summed E-state index contributed by atoms with van der Waals surface area (Å²) < 4.78 is 10.8. The number of carbonyl (C=O) groups is 1. The first-order chi connectivity index (χ1) is 7.59. The third kappa shape index (κ3) is 4.49. The van der Waals surface area contributed by atoms with Gasteiger partial charge in [-0.15, -0.1) is 0 Å². The zero-order valence-corrected chi connectivity index (χ0v) is 10.0. The van der Waals surface area contributed by atoms with E-state index in [0.717, 1.165) is 5.76 Å². The second-order valence-corrected chi connectivity index (χ2v) is 4.20. The van der Waals surface area contributed by atoms with Crippen molar-refractivity contribution in [1.82, 2.24) is 5.32 Å². The van der Waals surface area contributed by atoms with Crippen LogP contribution < -0.4 is 5.32 Å². The van der Waals surface area contributed by atoms with Gasteiger partial charge in [0.15, 0.2) is 0 Å². The van der Waals surface area contributed by atoms with Gasteiger partial charge in [-0.25, -0.2) is 0 Å². The van der Waals surface area contributed by atoms with E-state index in [9.17, 15) is 4.79 Å². The molecule has 0 aliphatic rings. The standard InChI is InChI=1S/C12H19NO3/c1-9(2)7-15-8-11(13-10(3)14)12-5-4-6-16-12/h4-6,9,11H,7-8H2,1-3H3,(H,13,14)/t11-/m0/s1. The van der Waals surface area contributed by atoms with Gasteiger partial charge in [0, 0.05) is 13.5 Å². The second-order valence-electron chi connectivity index (χ2n) is 4.20. The maximum absolute atomic E-state index is 11.0. The molecule has 16 heavy (non-hydrogen) atoms. The lowest BCUT2D eigenvalue weighted by molar-refractivity contribution is -0.120. The Morgan fingerprint density at radius 1 is 1.50 bits per heavy atom. The zero-order chi connectivity index (χ0) is 12.0. The van der Waals surface area contributed by atoms with Crippen LogP contribution in [0.5, 0.6) is 0 Å². The number of rotatable bonds is 6. The summed E-state index contributed by atoms with van der Waals surface area (Å²) in [7, 11) is 0. The molecule has 0 spiro atoms. The summed E-state index contributed by atoms with van der Waals surface area (Å²) in [6, 6.07) is 3.43. The minimum atomic E-state index is -0.203. The first kappa shape index (κ1) is 12.8. The highest BCUT2D eigenvalue weighted by atomic mass is 16.5. The minimum Gasteiger partial charge on any atom is -0.467 e. The average Bonchev–Trinajstić information content (AvgIpc) is 2.67. The summed E-state index contributed by atoms with van der Waals surface area (Å²) in [6.45, 7) is 6.76. The van der Waals surface area contributed by atoms with Gasteiger partial charge in [0.2, 0.25) is 5.91 Å². The van der Waals surface area contributed by atoms with Crippen molar-refractivity contribution >= 4 is 5.91 Å². The molecular formula is C12H19NO3. The molecule has 1 rings (SSSR count). The van der Waals surface area contributed by atoms with E-state index in [4.69, 9.17) is 9.15 Å². The van der Waals surface area contributed by atoms with Crippen LogP contribution >= 0.6 is 0 Å². The smallest absolute Gasteiger partial charge is 0.217 e. The lowest BCUT2D eigenvalue weighted by Crippen LogP contribution is -2.29. The van der Waals surface area contributed by atoms with E-state index in [-0.39, 0.29) is 11.9 Å². The van der Waals surface area contributed by atoms with E-state index < -0.39 is 0 Å². The van der Waals surface area contributed by atoms with Crippen molar-refractivity contribution in [1.29, 1.82) is 0 Å². The maximum Gasteiger partial charge on any atom is 0.217 e. The summed E-state index contributed by atoms with van der Waals surface area (Å²) in [5.74, 6) is 1.11. The Morgan fingerprint density at radius 3 is 2.75 bits per heavy atom. The van der Waals surface area contributed by atoms with Gasteiger partial charge in [-0.3, -0.25) is 4.79 Å². The van der Waals surface area contributed by atoms with Gasteiger partial charge in [-0.2, -0.15) is 0 Å². The van der Waals surface area contributed by atoms with E-state index in [1.54, 1.807) is 12.3 Å². The Kier molecular flexibility index (Phi) is 5.05. The van der Waals surface area contributed by atoms with Crippen molar-refractivity contribution in [3.05, 3.63) is 24.2 Å². The Balaban J connectivity index is 2.48. The van der Waals surface area contributed by atoms with Crippen LogP contribution in [0.3, 0.4) is 0 Å². The number of carbonyl (C=O) groups excluding carboxylic acids is 1. The number of ether oxygens (including phenoxy) is 1. The predicted molar refractivity (Wildman–Crippen MR) is 60.9 cm³/mol. The third-order valence-corrected chi connectivity index (χ3v) is 2.00. The Morgan fingerprint density at radius 2 is 2.25 bits per heavy atom. The molecule has 0 saturated carbocycles. The Bertz CT molecular complexity index is 306. The third-order valence-electron chi connectivity index (χ3n) is 2.00. The molecule has 1 heterocycles. The molecule has 0 aromatic carbocycles. The highest BCUT2D eigenvalue weighted by Gasteiger charge is 2.15. The summed E-state index contributed by atoms with van der Waals surface area (Å²) in [6.07, 6.45) is 1.59. The van der Waals surface area contributed by atoms with Crippen LogP contribution in [-0.2, 0) is 9.53 Å². The molecule has 1 amide bonds. The molecule has 0 bridgehead atoms. The molecule has 0 fully saturated rings. The molecule has 0 aliphatic carbocycles. The first-order valence-corrected chi connectivity index (χ1v) is 5.48. The fourth-order valence-corrected chi connectivity index (χ4v) is 1.35. The van der Waals surface area contributed by atoms with E-state index >= 15 is 0 Å². The number of amides is 1. The lowest BCUT2D eigenvalue weighted by Gasteiger charge is -2.16. The molecule has 1 N–H and O–H groups in total. The number of hydrogen-bond acceptors (Lipinski definition) is 3. The quantitative estimate of drug-likeness (QED) is 0.806. The zero-order valence-electron chi connectivity index (χ0n) is 10.0. The first-order valence-electron chi connectivity index (χ1n) is 5.48. The minimum absolute atomic E-state index is 0.0884. The number of nitrogens with one attached hydrogen (secondary N) is 1. The summed E-state index contributed by atoms with van der Waals surface area (Å²) in [5.41, 5.74) is 0. The highest BCUT2D eigenvalue weighted by Crippen LogP contribution is 2.14. The second kappa shape index (κ2) is 6.33. The predicted octanol–water partition coefficient (Wildman–Crippen LogP) is 2.13. The average molecular weight is 225 g/mol. The van der Waals surface area contributed by atoms with Gasteiger partial charge in [0.05, 0.1) is 12.9 Å².